The molecule has 0 aromatic rings. The third kappa shape index (κ3) is 3.06. The third-order valence-corrected chi connectivity index (χ3v) is 9.93. The summed E-state index contributed by atoms with van der Waals surface area (Å²) in [5.41, 5.74) is 0. The van der Waals surface area contributed by atoms with Gasteiger partial charge in [0.15, 0.2) is 0 Å². The molecule has 0 saturated heterocycles. The van der Waals surface area contributed by atoms with Crippen LogP contribution in [0.3, 0.4) is 0 Å². The molecule has 0 aromatic carbocycles. The molecule has 0 fully saturated rings. The van der Waals surface area contributed by atoms with Crippen LogP contribution in [-0.4, -0.2) is 31.5 Å². The molecule has 0 saturated carbocycles. The summed E-state index contributed by atoms with van der Waals surface area (Å²) in [6, 6.07) is 0. The Balaban J connectivity index is 3.70. The van der Waals surface area contributed by atoms with Crippen LogP contribution < -0.4 is 0 Å². The average Bonchev–Trinajstić information content (AvgIpc) is 2.00. The van der Waals surface area contributed by atoms with Crippen molar-refractivity contribution in [3.8, 4) is 0 Å². The summed E-state index contributed by atoms with van der Waals surface area (Å²) < 4.78 is 2.72. The Morgan fingerprint density at radius 2 is 1.30 bits per heavy atom. The standard InChI is InChI=1S/C8H21GeN/c1-5-9(6-2)10(7-3)8-4/h9H,5-8H2,1-4H3. The van der Waals surface area contributed by atoms with Crippen LogP contribution in [0.1, 0.15) is 27.7 Å². The number of rotatable bonds is 5. The summed E-state index contributed by atoms with van der Waals surface area (Å²) in [5, 5.41) is 2.95. The zero-order valence-electron chi connectivity index (χ0n) is 7.85. The van der Waals surface area contributed by atoms with E-state index in [0.717, 1.165) is 0 Å². The zero-order chi connectivity index (χ0) is 7.98. The van der Waals surface area contributed by atoms with Crippen LogP contribution in [0.15, 0.2) is 0 Å². The molecule has 62 valence electrons. The van der Waals surface area contributed by atoms with Crippen LogP contribution >= 0.6 is 0 Å². The summed E-state index contributed by atoms with van der Waals surface area (Å²) in [5.74, 6) is 0. The second kappa shape index (κ2) is 6.23. The van der Waals surface area contributed by atoms with Gasteiger partial charge in [-0.1, -0.05) is 0 Å². The molecule has 10 heavy (non-hydrogen) atoms. The third-order valence-electron chi connectivity index (χ3n) is 2.27. The first-order valence-electron chi connectivity index (χ1n) is 4.54. The van der Waals surface area contributed by atoms with E-state index >= 15 is 0 Å². The molecule has 0 N–H and O–H groups in total. The molecule has 0 unspecified atom stereocenters. The van der Waals surface area contributed by atoms with E-state index in [1.165, 1.54) is 23.6 Å². The average molecular weight is 204 g/mol. The van der Waals surface area contributed by atoms with Gasteiger partial charge < -0.3 is 0 Å². The van der Waals surface area contributed by atoms with Gasteiger partial charge in [0.25, 0.3) is 0 Å². The van der Waals surface area contributed by atoms with Gasteiger partial charge in [-0.15, -0.1) is 0 Å². The van der Waals surface area contributed by atoms with Crippen LogP contribution in [0.4, 0.5) is 0 Å². The molecule has 0 heterocycles. The molecule has 0 radical (unpaired) electrons. The molecular formula is C8H21GeN. The predicted molar refractivity (Wildman–Crippen MR) is 51.0 cm³/mol. The van der Waals surface area contributed by atoms with Gasteiger partial charge in [0, 0.05) is 0 Å². The van der Waals surface area contributed by atoms with E-state index in [4.69, 9.17) is 0 Å². The van der Waals surface area contributed by atoms with Crippen molar-refractivity contribution in [3.05, 3.63) is 0 Å². The second-order valence-corrected chi connectivity index (χ2v) is 10.4. The van der Waals surface area contributed by atoms with Crippen LogP contribution in [0, 0.1) is 0 Å². The van der Waals surface area contributed by atoms with Crippen LogP contribution in [0.2, 0.25) is 10.5 Å². The molecule has 0 aliphatic heterocycles. The summed E-state index contributed by atoms with van der Waals surface area (Å²) in [4.78, 5) is 0. The Hall–Kier alpha value is 0.503. The minimum atomic E-state index is -0.925. The molecule has 0 rings (SSSR count). The number of hydrogen-bond donors (Lipinski definition) is 0. The van der Waals surface area contributed by atoms with E-state index < -0.39 is 14.6 Å². The first-order chi connectivity index (χ1) is 4.79. The van der Waals surface area contributed by atoms with E-state index in [1.54, 1.807) is 0 Å². The van der Waals surface area contributed by atoms with Crippen molar-refractivity contribution in [2.24, 2.45) is 0 Å². The second-order valence-electron chi connectivity index (χ2n) is 2.69. The number of nitrogens with zero attached hydrogens (tertiary/aromatic N) is 1. The van der Waals surface area contributed by atoms with Crippen molar-refractivity contribution in [1.29, 1.82) is 0 Å². The Morgan fingerprint density at radius 3 is 1.40 bits per heavy atom. The predicted octanol–water partition coefficient (Wildman–Crippen LogP) is 2.09. The molecule has 0 atom stereocenters. The monoisotopic (exact) mass is 205 g/mol. The fourth-order valence-corrected chi connectivity index (χ4v) is 7.09. The Kier molecular flexibility index (Phi) is 6.54. The Morgan fingerprint density at radius 1 is 0.900 bits per heavy atom. The molecule has 0 spiro atoms. The molecular weight excluding hydrogens is 183 g/mol. The van der Waals surface area contributed by atoms with E-state index in [9.17, 15) is 0 Å². The van der Waals surface area contributed by atoms with Gasteiger partial charge in [-0.05, 0) is 0 Å². The van der Waals surface area contributed by atoms with Crippen molar-refractivity contribution >= 4 is 14.6 Å². The summed E-state index contributed by atoms with van der Waals surface area (Å²) in [7, 11) is 0. The molecule has 2 heteroatoms. The molecule has 1 nitrogen and oxygen atoms in total. The van der Waals surface area contributed by atoms with Crippen LogP contribution in [-0.2, 0) is 0 Å². The van der Waals surface area contributed by atoms with Crippen molar-refractivity contribution in [2.75, 3.05) is 13.1 Å². The van der Waals surface area contributed by atoms with Gasteiger partial charge in [-0.2, -0.15) is 0 Å². The fraction of sp³-hybridized carbons (Fsp3) is 1.00. The van der Waals surface area contributed by atoms with Crippen LogP contribution in [0.25, 0.3) is 0 Å². The Bertz CT molecular complexity index is 57.7. The molecule has 0 aliphatic rings. The van der Waals surface area contributed by atoms with Gasteiger partial charge in [-0.25, -0.2) is 0 Å². The normalized spacial score (nSPS) is 11.4. The van der Waals surface area contributed by atoms with Gasteiger partial charge in [-0.3, -0.25) is 0 Å². The van der Waals surface area contributed by atoms with E-state index in [-0.39, 0.29) is 0 Å². The van der Waals surface area contributed by atoms with Crippen molar-refractivity contribution in [1.82, 2.24) is 3.86 Å². The van der Waals surface area contributed by atoms with Crippen molar-refractivity contribution in [2.45, 2.75) is 38.2 Å². The molecule has 0 aromatic heterocycles. The van der Waals surface area contributed by atoms with Gasteiger partial charge >= 0.3 is 69.7 Å². The van der Waals surface area contributed by atoms with Gasteiger partial charge in [0.2, 0.25) is 0 Å². The minimum absolute atomic E-state index is 0.925. The Labute approximate surface area is 70.1 Å². The van der Waals surface area contributed by atoms with Gasteiger partial charge in [0.1, 0.15) is 0 Å². The van der Waals surface area contributed by atoms with E-state index in [2.05, 4.69) is 31.6 Å². The SMILES string of the molecule is CC[N](CC)[GeH]([CH2]C)[CH2]C. The summed E-state index contributed by atoms with van der Waals surface area (Å²) in [6.07, 6.45) is 0. The first-order valence-corrected chi connectivity index (χ1v) is 9.05. The van der Waals surface area contributed by atoms with Gasteiger partial charge in [0.05, 0.1) is 0 Å². The summed E-state index contributed by atoms with van der Waals surface area (Å²) in [6.45, 7) is 11.8. The van der Waals surface area contributed by atoms with Crippen molar-refractivity contribution in [3.63, 3.8) is 0 Å². The maximum atomic E-state index is 2.72. The summed E-state index contributed by atoms with van der Waals surface area (Å²) >= 11 is -0.925. The molecule has 0 amide bonds. The van der Waals surface area contributed by atoms with Crippen LogP contribution in [0.5, 0.6) is 0 Å². The molecule has 0 bridgehead atoms. The molecule has 0 aliphatic carbocycles. The topological polar surface area (TPSA) is 3.24 Å². The fourth-order valence-electron chi connectivity index (χ4n) is 1.55. The maximum absolute atomic E-state index is 2.72. The zero-order valence-corrected chi connectivity index (χ0v) is 10.3. The quantitative estimate of drug-likeness (QED) is 0.619. The first kappa shape index (κ1) is 10.5. The van der Waals surface area contributed by atoms with E-state index in [1.807, 2.05) is 0 Å². The van der Waals surface area contributed by atoms with E-state index in [0.29, 0.717) is 0 Å². The number of hydrogen-bond acceptors (Lipinski definition) is 1. The van der Waals surface area contributed by atoms with Crippen molar-refractivity contribution < 1.29 is 0 Å².